The molecule has 0 atom stereocenters. The molecular weight excluding hydrogens is 248 g/mol. The topological polar surface area (TPSA) is 50.7 Å². The van der Waals surface area contributed by atoms with Gasteiger partial charge in [0.25, 0.3) is 0 Å². The van der Waals surface area contributed by atoms with E-state index in [2.05, 4.69) is 65.5 Å². The Morgan fingerprint density at radius 2 is 1.45 bits per heavy atom. The van der Waals surface area contributed by atoms with Gasteiger partial charge in [0.2, 0.25) is 5.95 Å². The fourth-order valence-electron chi connectivity index (χ4n) is 2.09. The SMILES string of the molecule is CCc1ccc(CNc2nnc(CC)c(CC)n2)cc1. The molecule has 1 aromatic heterocycles. The first-order valence-corrected chi connectivity index (χ1v) is 7.30. The number of rotatable bonds is 6. The number of hydrogen-bond acceptors (Lipinski definition) is 4. The third-order valence-corrected chi connectivity index (χ3v) is 3.39. The lowest BCUT2D eigenvalue weighted by Gasteiger charge is -2.08. The van der Waals surface area contributed by atoms with Gasteiger partial charge in [-0.05, 0) is 30.4 Å². The number of nitrogens with one attached hydrogen (secondary N) is 1. The summed E-state index contributed by atoms with van der Waals surface area (Å²) < 4.78 is 0. The zero-order chi connectivity index (χ0) is 14.4. The normalized spacial score (nSPS) is 10.6. The van der Waals surface area contributed by atoms with Crippen LogP contribution in [0.4, 0.5) is 5.95 Å². The monoisotopic (exact) mass is 270 g/mol. The Kier molecular flexibility index (Phi) is 5.04. The molecule has 0 radical (unpaired) electrons. The highest BCUT2D eigenvalue weighted by molar-refractivity contribution is 5.30. The van der Waals surface area contributed by atoms with Gasteiger partial charge in [-0.15, -0.1) is 5.10 Å². The van der Waals surface area contributed by atoms with E-state index >= 15 is 0 Å². The Balaban J connectivity index is 2.02. The Bertz CT molecular complexity index is 549. The van der Waals surface area contributed by atoms with Gasteiger partial charge in [0.05, 0.1) is 11.4 Å². The minimum absolute atomic E-state index is 0.610. The molecule has 0 aliphatic carbocycles. The van der Waals surface area contributed by atoms with Gasteiger partial charge in [-0.3, -0.25) is 0 Å². The molecule has 0 saturated carbocycles. The standard InChI is InChI=1S/C16H22N4/c1-4-12-7-9-13(10-8-12)11-17-16-18-14(5-2)15(6-3)19-20-16/h7-10H,4-6,11H2,1-3H3,(H,17,18,20). The number of anilines is 1. The summed E-state index contributed by atoms with van der Waals surface area (Å²) in [6, 6.07) is 8.60. The molecule has 4 nitrogen and oxygen atoms in total. The fourth-order valence-corrected chi connectivity index (χ4v) is 2.09. The molecule has 20 heavy (non-hydrogen) atoms. The zero-order valence-corrected chi connectivity index (χ0v) is 12.5. The second-order valence-corrected chi connectivity index (χ2v) is 4.76. The first kappa shape index (κ1) is 14.4. The van der Waals surface area contributed by atoms with Crippen molar-refractivity contribution in [1.29, 1.82) is 0 Å². The summed E-state index contributed by atoms with van der Waals surface area (Å²) in [5, 5.41) is 11.6. The second-order valence-electron chi connectivity index (χ2n) is 4.76. The van der Waals surface area contributed by atoms with E-state index in [-0.39, 0.29) is 0 Å². The van der Waals surface area contributed by atoms with Crippen LogP contribution in [0.5, 0.6) is 0 Å². The summed E-state index contributed by atoms with van der Waals surface area (Å²) in [6.07, 6.45) is 2.83. The quantitative estimate of drug-likeness (QED) is 0.876. The van der Waals surface area contributed by atoms with Crippen LogP contribution in [-0.2, 0) is 25.8 Å². The van der Waals surface area contributed by atoms with Crippen molar-refractivity contribution in [3.63, 3.8) is 0 Å². The number of aryl methyl sites for hydroxylation is 3. The highest BCUT2D eigenvalue weighted by atomic mass is 15.2. The molecule has 0 spiro atoms. The second kappa shape index (κ2) is 6.98. The summed E-state index contributed by atoms with van der Waals surface area (Å²) >= 11 is 0. The largest absolute Gasteiger partial charge is 0.349 e. The number of hydrogen-bond donors (Lipinski definition) is 1. The van der Waals surface area contributed by atoms with E-state index in [1.807, 2.05) is 0 Å². The van der Waals surface area contributed by atoms with Crippen molar-refractivity contribution in [2.45, 2.75) is 46.6 Å². The minimum atomic E-state index is 0.610. The van der Waals surface area contributed by atoms with Gasteiger partial charge in [0.15, 0.2) is 0 Å². The van der Waals surface area contributed by atoms with Crippen molar-refractivity contribution < 1.29 is 0 Å². The Morgan fingerprint density at radius 1 is 0.800 bits per heavy atom. The molecule has 1 N–H and O–H groups in total. The van der Waals surface area contributed by atoms with E-state index in [1.54, 1.807) is 0 Å². The van der Waals surface area contributed by atoms with Crippen LogP contribution in [0, 0.1) is 0 Å². The molecule has 0 amide bonds. The molecule has 0 saturated heterocycles. The van der Waals surface area contributed by atoms with E-state index in [0.29, 0.717) is 5.95 Å². The molecule has 0 aliphatic rings. The van der Waals surface area contributed by atoms with Gasteiger partial charge in [0.1, 0.15) is 0 Å². The van der Waals surface area contributed by atoms with Crippen molar-refractivity contribution in [3.05, 3.63) is 46.8 Å². The van der Waals surface area contributed by atoms with Gasteiger partial charge in [-0.25, -0.2) is 4.98 Å². The summed E-state index contributed by atoms with van der Waals surface area (Å²) in [6.45, 7) is 7.05. The average molecular weight is 270 g/mol. The first-order valence-electron chi connectivity index (χ1n) is 7.30. The molecule has 0 bridgehead atoms. The van der Waals surface area contributed by atoms with E-state index in [0.717, 1.165) is 37.2 Å². The molecule has 1 aromatic carbocycles. The molecule has 2 rings (SSSR count). The lowest BCUT2D eigenvalue weighted by Crippen LogP contribution is -2.09. The van der Waals surface area contributed by atoms with Crippen molar-refractivity contribution in [1.82, 2.24) is 15.2 Å². The van der Waals surface area contributed by atoms with Gasteiger partial charge < -0.3 is 5.32 Å². The lowest BCUT2D eigenvalue weighted by molar-refractivity contribution is 0.819. The fraction of sp³-hybridized carbons (Fsp3) is 0.438. The van der Waals surface area contributed by atoms with Gasteiger partial charge in [-0.1, -0.05) is 45.0 Å². The van der Waals surface area contributed by atoms with Crippen molar-refractivity contribution in [3.8, 4) is 0 Å². The Hall–Kier alpha value is -1.97. The third kappa shape index (κ3) is 3.53. The lowest BCUT2D eigenvalue weighted by atomic mass is 10.1. The van der Waals surface area contributed by atoms with E-state index < -0.39 is 0 Å². The number of aromatic nitrogens is 3. The van der Waals surface area contributed by atoms with Gasteiger partial charge in [-0.2, -0.15) is 5.10 Å². The van der Waals surface area contributed by atoms with Gasteiger partial charge in [0, 0.05) is 6.54 Å². The molecular formula is C16H22N4. The Labute approximate surface area is 120 Å². The van der Waals surface area contributed by atoms with Crippen LogP contribution in [0.3, 0.4) is 0 Å². The Morgan fingerprint density at radius 3 is 2.05 bits per heavy atom. The van der Waals surface area contributed by atoms with Crippen LogP contribution in [-0.4, -0.2) is 15.2 Å². The van der Waals surface area contributed by atoms with Crippen molar-refractivity contribution in [2.24, 2.45) is 0 Å². The molecule has 0 fully saturated rings. The van der Waals surface area contributed by atoms with Crippen LogP contribution in [0.2, 0.25) is 0 Å². The zero-order valence-electron chi connectivity index (χ0n) is 12.5. The van der Waals surface area contributed by atoms with E-state index in [9.17, 15) is 0 Å². The predicted octanol–water partition coefficient (Wildman–Crippen LogP) is 3.17. The summed E-state index contributed by atoms with van der Waals surface area (Å²) in [4.78, 5) is 4.53. The number of nitrogens with zero attached hydrogens (tertiary/aromatic N) is 3. The smallest absolute Gasteiger partial charge is 0.243 e. The maximum atomic E-state index is 4.53. The maximum Gasteiger partial charge on any atom is 0.243 e. The number of benzene rings is 1. The molecule has 0 aliphatic heterocycles. The first-order chi connectivity index (χ1) is 9.76. The van der Waals surface area contributed by atoms with E-state index in [1.165, 1.54) is 11.1 Å². The third-order valence-electron chi connectivity index (χ3n) is 3.39. The van der Waals surface area contributed by atoms with Crippen molar-refractivity contribution >= 4 is 5.95 Å². The summed E-state index contributed by atoms with van der Waals surface area (Å²) in [7, 11) is 0. The van der Waals surface area contributed by atoms with Crippen LogP contribution >= 0.6 is 0 Å². The van der Waals surface area contributed by atoms with Gasteiger partial charge >= 0.3 is 0 Å². The van der Waals surface area contributed by atoms with Crippen LogP contribution < -0.4 is 5.32 Å². The predicted molar refractivity (Wildman–Crippen MR) is 81.7 cm³/mol. The van der Waals surface area contributed by atoms with Crippen molar-refractivity contribution in [2.75, 3.05) is 5.32 Å². The molecule has 106 valence electrons. The highest BCUT2D eigenvalue weighted by Gasteiger charge is 2.05. The molecule has 2 aromatic rings. The minimum Gasteiger partial charge on any atom is -0.349 e. The van der Waals surface area contributed by atoms with Crippen LogP contribution in [0.25, 0.3) is 0 Å². The van der Waals surface area contributed by atoms with Crippen LogP contribution in [0.15, 0.2) is 24.3 Å². The maximum absolute atomic E-state index is 4.53. The summed E-state index contributed by atoms with van der Waals surface area (Å²) in [5.74, 6) is 0.610. The highest BCUT2D eigenvalue weighted by Crippen LogP contribution is 2.09. The average Bonchev–Trinajstić information content (AvgIpc) is 2.53. The van der Waals surface area contributed by atoms with E-state index in [4.69, 9.17) is 0 Å². The molecule has 1 heterocycles. The summed E-state index contributed by atoms with van der Waals surface area (Å²) in [5.41, 5.74) is 4.60. The van der Waals surface area contributed by atoms with Crippen LogP contribution in [0.1, 0.15) is 43.3 Å². The molecule has 0 unspecified atom stereocenters. The molecule has 4 heteroatoms.